The van der Waals surface area contributed by atoms with E-state index in [0.717, 1.165) is 12.8 Å². The summed E-state index contributed by atoms with van der Waals surface area (Å²) in [6.45, 7) is 10.7. The maximum absolute atomic E-state index is 6.22. The second-order valence-electron chi connectivity index (χ2n) is 7.16. The molecule has 0 spiro atoms. The van der Waals surface area contributed by atoms with E-state index in [1.54, 1.807) is 0 Å². The average molecular weight is 300 g/mol. The van der Waals surface area contributed by atoms with Gasteiger partial charge >= 0.3 is 7.12 Å². The van der Waals surface area contributed by atoms with Gasteiger partial charge in [0.1, 0.15) is 0 Å². The molecule has 1 aromatic carbocycles. The first-order chi connectivity index (χ1) is 10.4. The SMILES string of the molecule is CCCC/C(=C/Cc1ccccc1)B1OC(C)(C)C(C)(C)O1. The van der Waals surface area contributed by atoms with Gasteiger partial charge in [0.15, 0.2) is 0 Å². The van der Waals surface area contributed by atoms with Gasteiger partial charge in [-0.15, -0.1) is 0 Å². The maximum atomic E-state index is 6.22. The molecule has 0 radical (unpaired) electrons. The summed E-state index contributed by atoms with van der Waals surface area (Å²) in [7, 11) is -0.208. The van der Waals surface area contributed by atoms with Crippen molar-refractivity contribution in [1.82, 2.24) is 0 Å². The minimum Gasteiger partial charge on any atom is -0.400 e. The number of rotatable bonds is 6. The molecule has 0 amide bonds. The van der Waals surface area contributed by atoms with E-state index in [1.165, 1.54) is 23.9 Å². The zero-order chi connectivity index (χ0) is 16.2. The highest BCUT2D eigenvalue weighted by molar-refractivity contribution is 6.54. The second-order valence-corrected chi connectivity index (χ2v) is 7.16. The summed E-state index contributed by atoms with van der Waals surface area (Å²) in [5, 5.41) is 0. The summed E-state index contributed by atoms with van der Waals surface area (Å²) in [5.74, 6) is 0. The Labute approximate surface area is 136 Å². The summed E-state index contributed by atoms with van der Waals surface area (Å²) in [4.78, 5) is 0. The summed E-state index contributed by atoms with van der Waals surface area (Å²) < 4.78 is 12.4. The van der Waals surface area contributed by atoms with Crippen LogP contribution >= 0.6 is 0 Å². The quantitative estimate of drug-likeness (QED) is 0.690. The van der Waals surface area contributed by atoms with Gasteiger partial charge in [0.25, 0.3) is 0 Å². The van der Waals surface area contributed by atoms with Crippen LogP contribution in [0.15, 0.2) is 41.9 Å². The lowest BCUT2D eigenvalue weighted by Crippen LogP contribution is -2.41. The Morgan fingerprint density at radius 2 is 1.64 bits per heavy atom. The van der Waals surface area contributed by atoms with E-state index in [1.807, 2.05) is 0 Å². The fraction of sp³-hybridized carbons (Fsp3) is 0.579. The van der Waals surface area contributed by atoms with Crippen molar-refractivity contribution in [1.29, 1.82) is 0 Å². The Hall–Kier alpha value is -1.06. The van der Waals surface area contributed by atoms with Crippen molar-refractivity contribution in [2.75, 3.05) is 0 Å². The zero-order valence-corrected chi connectivity index (χ0v) is 14.7. The van der Waals surface area contributed by atoms with E-state index in [9.17, 15) is 0 Å². The van der Waals surface area contributed by atoms with Gasteiger partial charge in [-0.1, -0.05) is 56.2 Å². The van der Waals surface area contributed by atoms with Crippen LogP contribution in [0.4, 0.5) is 0 Å². The number of hydrogen-bond acceptors (Lipinski definition) is 2. The van der Waals surface area contributed by atoms with Crippen LogP contribution in [0.3, 0.4) is 0 Å². The van der Waals surface area contributed by atoms with E-state index in [4.69, 9.17) is 9.31 Å². The molecule has 1 aliphatic rings. The van der Waals surface area contributed by atoms with Crippen molar-refractivity contribution in [3.05, 3.63) is 47.4 Å². The largest absolute Gasteiger partial charge is 0.490 e. The molecular weight excluding hydrogens is 271 g/mol. The molecule has 0 bridgehead atoms. The molecule has 0 aliphatic carbocycles. The molecule has 120 valence electrons. The Morgan fingerprint density at radius 1 is 1.05 bits per heavy atom. The summed E-state index contributed by atoms with van der Waals surface area (Å²) >= 11 is 0. The molecule has 3 heteroatoms. The molecule has 0 atom stereocenters. The molecule has 0 unspecified atom stereocenters. The van der Waals surface area contributed by atoms with Crippen LogP contribution in [0, 0.1) is 0 Å². The van der Waals surface area contributed by atoms with Crippen LogP contribution in [-0.4, -0.2) is 18.3 Å². The van der Waals surface area contributed by atoms with Crippen molar-refractivity contribution in [3.63, 3.8) is 0 Å². The minimum atomic E-state index is -0.268. The Bertz CT molecular complexity index is 489. The van der Waals surface area contributed by atoms with Gasteiger partial charge in [-0.25, -0.2) is 0 Å². The number of allylic oxidation sites excluding steroid dienone is 2. The third kappa shape index (κ3) is 4.02. The predicted octanol–water partition coefficient (Wildman–Crippen LogP) is 4.98. The summed E-state index contributed by atoms with van der Waals surface area (Å²) in [6.07, 6.45) is 6.63. The lowest BCUT2D eigenvalue weighted by atomic mass is 9.74. The summed E-state index contributed by atoms with van der Waals surface area (Å²) in [6, 6.07) is 10.6. The van der Waals surface area contributed by atoms with Crippen molar-refractivity contribution in [2.24, 2.45) is 0 Å². The molecule has 0 saturated carbocycles. The third-order valence-electron chi connectivity index (χ3n) is 4.82. The van der Waals surface area contributed by atoms with Crippen LogP contribution in [0.5, 0.6) is 0 Å². The van der Waals surface area contributed by atoms with Crippen LogP contribution in [0.2, 0.25) is 0 Å². The van der Waals surface area contributed by atoms with E-state index in [2.05, 4.69) is 71.0 Å². The minimum absolute atomic E-state index is 0.208. The van der Waals surface area contributed by atoms with Gasteiger partial charge < -0.3 is 9.31 Å². The van der Waals surface area contributed by atoms with Crippen LogP contribution < -0.4 is 0 Å². The molecule has 22 heavy (non-hydrogen) atoms. The van der Waals surface area contributed by atoms with Gasteiger partial charge in [-0.3, -0.25) is 0 Å². The van der Waals surface area contributed by atoms with Crippen molar-refractivity contribution in [3.8, 4) is 0 Å². The molecule has 1 aliphatic heterocycles. The highest BCUT2D eigenvalue weighted by atomic mass is 16.7. The lowest BCUT2D eigenvalue weighted by Gasteiger charge is -2.32. The first-order valence-electron chi connectivity index (χ1n) is 8.44. The van der Waals surface area contributed by atoms with Crippen molar-refractivity contribution >= 4 is 7.12 Å². The zero-order valence-electron chi connectivity index (χ0n) is 14.7. The highest BCUT2D eigenvalue weighted by Crippen LogP contribution is 2.39. The molecule has 2 rings (SSSR count). The topological polar surface area (TPSA) is 18.5 Å². The molecule has 2 nitrogen and oxygen atoms in total. The predicted molar refractivity (Wildman–Crippen MR) is 93.8 cm³/mol. The van der Waals surface area contributed by atoms with Crippen LogP contribution in [0.1, 0.15) is 59.4 Å². The molecule has 0 N–H and O–H groups in total. The van der Waals surface area contributed by atoms with E-state index in [0.29, 0.717) is 0 Å². The highest BCUT2D eigenvalue weighted by Gasteiger charge is 2.52. The molecular formula is C19H29BO2. The van der Waals surface area contributed by atoms with E-state index < -0.39 is 0 Å². The third-order valence-corrected chi connectivity index (χ3v) is 4.82. The fourth-order valence-electron chi connectivity index (χ4n) is 2.55. The Kier molecular flexibility index (Phi) is 5.52. The smallest absolute Gasteiger partial charge is 0.400 e. The Balaban J connectivity index is 2.13. The first kappa shape index (κ1) is 17.3. The van der Waals surface area contributed by atoms with Gasteiger partial charge in [0.2, 0.25) is 0 Å². The van der Waals surface area contributed by atoms with Crippen molar-refractivity contribution in [2.45, 2.75) is 71.5 Å². The van der Waals surface area contributed by atoms with Crippen LogP contribution in [0.25, 0.3) is 0 Å². The molecule has 1 heterocycles. The van der Waals surface area contributed by atoms with Crippen LogP contribution in [-0.2, 0) is 15.7 Å². The molecule has 1 fully saturated rings. The fourth-order valence-corrected chi connectivity index (χ4v) is 2.55. The Morgan fingerprint density at radius 3 is 2.18 bits per heavy atom. The normalized spacial score (nSPS) is 20.4. The first-order valence-corrected chi connectivity index (χ1v) is 8.44. The van der Waals surface area contributed by atoms with Crippen molar-refractivity contribution < 1.29 is 9.31 Å². The molecule has 1 aromatic rings. The lowest BCUT2D eigenvalue weighted by molar-refractivity contribution is 0.00578. The summed E-state index contributed by atoms with van der Waals surface area (Å²) in [5.41, 5.74) is 2.07. The van der Waals surface area contributed by atoms with E-state index in [-0.39, 0.29) is 18.3 Å². The maximum Gasteiger partial charge on any atom is 0.490 e. The van der Waals surface area contributed by atoms with Gasteiger partial charge in [-0.05, 0) is 51.6 Å². The standard InChI is InChI=1S/C19H29BO2/c1-6-7-13-17(15-14-16-11-9-8-10-12-16)20-21-18(2,3)19(4,5)22-20/h8-12,15H,6-7,13-14H2,1-5H3/b17-15-. The molecule has 1 saturated heterocycles. The number of hydrogen-bond donors (Lipinski definition) is 0. The average Bonchev–Trinajstić information content (AvgIpc) is 2.68. The van der Waals surface area contributed by atoms with Gasteiger partial charge in [0.05, 0.1) is 11.2 Å². The van der Waals surface area contributed by atoms with E-state index >= 15 is 0 Å². The van der Waals surface area contributed by atoms with Gasteiger partial charge in [-0.2, -0.15) is 0 Å². The number of benzene rings is 1. The monoisotopic (exact) mass is 300 g/mol. The number of unbranched alkanes of at least 4 members (excludes halogenated alkanes) is 1. The second kappa shape index (κ2) is 7.01. The van der Waals surface area contributed by atoms with Gasteiger partial charge in [0, 0.05) is 0 Å². The molecule has 0 aromatic heterocycles.